The number of rotatable bonds is 7. The van der Waals surface area contributed by atoms with Gasteiger partial charge in [0.2, 0.25) is 0 Å². The summed E-state index contributed by atoms with van der Waals surface area (Å²) in [5.41, 5.74) is 1.17. The van der Waals surface area contributed by atoms with E-state index in [0.717, 1.165) is 34.1 Å². The van der Waals surface area contributed by atoms with Crippen molar-refractivity contribution < 1.29 is 4.74 Å². The third kappa shape index (κ3) is 4.55. The molecule has 0 aliphatic heterocycles. The summed E-state index contributed by atoms with van der Waals surface area (Å²) in [4.78, 5) is 0. The Bertz CT molecular complexity index is 823. The number of benzene rings is 2. The van der Waals surface area contributed by atoms with Crippen molar-refractivity contribution in [2.45, 2.75) is 37.4 Å². The van der Waals surface area contributed by atoms with Crippen molar-refractivity contribution in [3.63, 3.8) is 0 Å². The molecule has 0 saturated carbocycles. The second kappa shape index (κ2) is 8.41. The van der Waals surface area contributed by atoms with Gasteiger partial charge in [-0.15, -0.1) is 10.2 Å². The molecule has 0 bridgehead atoms. The fourth-order valence-corrected chi connectivity index (χ4v) is 3.70. The van der Waals surface area contributed by atoms with Crippen LogP contribution in [-0.2, 0) is 12.3 Å². The zero-order chi connectivity index (χ0) is 17.6. The van der Waals surface area contributed by atoms with Crippen LogP contribution in [0.25, 0.3) is 0 Å². The minimum atomic E-state index is -0.171. The maximum atomic E-state index is 6.05. The van der Waals surface area contributed by atoms with Crippen molar-refractivity contribution in [2.24, 2.45) is 0 Å². The predicted octanol–water partition coefficient (Wildman–Crippen LogP) is 5.38. The Balaban J connectivity index is 1.72. The van der Waals surface area contributed by atoms with E-state index in [9.17, 15) is 0 Å². The minimum Gasteiger partial charge on any atom is -0.483 e. The lowest BCUT2D eigenvalue weighted by Crippen LogP contribution is -2.11. The van der Waals surface area contributed by atoms with Crippen LogP contribution in [0, 0.1) is 0 Å². The topological polar surface area (TPSA) is 39.9 Å². The smallest absolute Gasteiger partial charge is 0.191 e. The molecule has 2 aromatic carbocycles. The van der Waals surface area contributed by atoms with E-state index in [-0.39, 0.29) is 6.10 Å². The molecule has 6 heteroatoms. The van der Waals surface area contributed by atoms with E-state index in [1.807, 2.05) is 55.5 Å². The Morgan fingerprint density at radius 3 is 2.64 bits per heavy atom. The summed E-state index contributed by atoms with van der Waals surface area (Å²) in [7, 11) is 0. The van der Waals surface area contributed by atoms with Gasteiger partial charge in [0.25, 0.3) is 0 Å². The highest BCUT2D eigenvalue weighted by atomic mass is 35.5. The average molecular weight is 374 g/mol. The molecule has 0 aliphatic rings. The van der Waals surface area contributed by atoms with E-state index in [1.165, 1.54) is 5.56 Å². The molecule has 3 rings (SSSR count). The Morgan fingerprint density at radius 2 is 1.92 bits per heavy atom. The van der Waals surface area contributed by atoms with Gasteiger partial charge in [-0.05, 0) is 43.7 Å². The number of thioether (sulfide) groups is 1. The summed E-state index contributed by atoms with van der Waals surface area (Å²) in [6.07, 6.45) is -0.171. The molecule has 0 unspecified atom stereocenters. The Kier molecular flexibility index (Phi) is 6.00. The summed E-state index contributed by atoms with van der Waals surface area (Å²) >= 11 is 7.70. The van der Waals surface area contributed by atoms with E-state index in [1.54, 1.807) is 11.8 Å². The minimum absolute atomic E-state index is 0.171. The van der Waals surface area contributed by atoms with Gasteiger partial charge in [0.1, 0.15) is 5.75 Å². The van der Waals surface area contributed by atoms with E-state index in [4.69, 9.17) is 16.3 Å². The molecule has 130 valence electrons. The van der Waals surface area contributed by atoms with Gasteiger partial charge in [0.15, 0.2) is 17.1 Å². The van der Waals surface area contributed by atoms with Gasteiger partial charge in [-0.2, -0.15) is 0 Å². The molecular formula is C19H20ClN3OS. The summed E-state index contributed by atoms with van der Waals surface area (Å²) in [5, 5.41) is 10.3. The zero-order valence-electron chi connectivity index (χ0n) is 14.2. The molecule has 0 saturated heterocycles. The number of hydrogen-bond acceptors (Lipinski definition) is 4. The normalized spacial score (nSPS) is 12.1. The largest absolute Gasteiger partial charge is 0.483 e. The molecule has 0 fully saturated rings. The van der Waals surface area contributed by atoms with Crippen molar-refractivity contribution in [3.05, 3.63) is 71.0 Å². The third-order valence-corrected chi connectivity index (χ3v) is 5.01. The number of ether oxygens (including phenoxy) is 1. The maximum absolute atomic E-state index is 6.05. The van der Waals surface area contributed by atoms with Crippen LogP contribution in [0.1, 0.15) is 31.3 Å². The van der Waals surface area contributed by atoms with Crippen LogP contribution in [0.15, 0.2) is 59.8 Å². The van der Waals surface area contributed by atoms with Gasteiger partial charge in [-0.1, -0.05) is 53.7 Å². The van der Waals surface area contributed by atoms with Crippen LogP contribution < -0.4 is 4.74 Å². The quantitative estimate of drug-likeness (QED) is 0.521. The van der Waals surface area contributed by atoms with Crippen LogP contribution in [-0.4, -0.2) is 14.8 Å². The van der Waals surface area contributed by atoms with Crippen LogP contribution in [0.3, 0.4) is 0 Å². The van der Waals surface area contributed by atoms with Crippen molar-refractivity contribution >= 4 is 23.4 Å². The van der Waals surface area contributed by atoms with Crippen molar-refractivity contribution in [2.75, 3.05) is 0 Å². The van der Waals surface area contributed by atoms with E-state index in [2.05, 4.69) is 27.8 Å². The van der Waals surface area contributed by atoms with Crippen molar-refractivity contribution in [1.82, 2.24) is 14.8 Å². The van der Waals surface area contributed by atoms with E-state index < -0.39 is 0 Å². The molecule has 3 aromatic rings. The summed E-state index contributed by atoms with van der Waals surface area (Å²) in [6, 6.07) is 17.6. The lowest BCUT2D eigenvalue weighted by atomic mass is 10.2. The second-order valence-corrected chi connectivity index (χ2v) is 6.96. The molecule has 1 heterocycles. The Hall–Kier alpha value is -1.98. The Morgan fingerprint density at radius 1 is 1.12 bits per heavy atom. The highest BCUT2D eigenvalue weighted by molar-refractivity contribution is 7.98. The monoisotopic (exact) mass is 373 g/mol. The van der Waals surface area contributed by atoms with Gasteiger partial charge in [0.05, 0.1) is 0 Å². The fraction of sp³-hybridized carbons (Fsp3) is 0.263. The lowest BCUT2D eigenvalue weighted by molar-refractivity contribution is 0.210. The molecule has 25 heavy (non-hydrogen) atoms. The molecule has 1 aromatic heterocycles. The maximum Gasteiger partial charge on any atom is 0.191 e. The van der Waals surface area contributed by atoms with Crippen LogP contribution in [0.2, 0.25) is 5.02 Å². The average Bonchev–Trinajstić information content (AvgIpc) is 3.04. The van der Waals surface area contributed by atoms with Gasteiger partial charge in [-0.25, -0.2) is 0 Å². The third-order valence-electron chi connectivity index (χ3n) is 3.74. The summed E-state index contributed by atoms with van der Waals surface area (Å²) in [5.74, 6) is 2.46. The lowest BCUT2D eigenvalue weighted by Gasteiger charge is -2.15. The zero-order valence-corrected chi connectivity index (χ0v) is 15.8. The molecule has 0 amide bonds. The first-order chi connectivity index (χ1) is 12.2. The highest BCUT2D eigenvalue weighted by Crippen LogP contribution is 2.27. The highest BCUT2D eigenvalue weighted by Gasteiger charge is 2.18. The van der Waals surface area contributed by atoms with Crippen molar-refractivity contribution in [3.8, 4) is 5.75 Å². The van der Waals surface area contributed by atoms with Gasteiger partial charge in [-0.3, -0.25) is 0 Å². The van der Waals surface area contributed by atoms with Crippen molar-refractivity contribution in [1.29, 1.82) is 0 Å². The number of aromatic nitrogens is 3. The number of para-hydroxylation sites is 1. The summed E-state index contributed by atoms with van der Waals surface area (Å²) in [6.45, 7) is 4.88. The molecule has 0 N–H and O–H groups in total. The molecule has 1 atom stereocenters. The van der Waals surface area contributed by atoms with Gasteiger partial charge in [0, 0.05) is 17.3 Å². The molecular weight excluding hydrogens is 354 g/mol. The van der Waals surface area contributed by atoms with Gasteiger partial charge < -0.3 is 9.30 Å². The van der Waals surface area contributed by atoms with Crippen LogP contribution >= 0.6 is 23.4 Å². The Labute approximate surface area is 157 Å². The molecule has 0 aliphatic carbocycles. The standard InChI is InChI=1S/C19H20ClN3OS/c1-3-23-18(14(2)24-17-10-5-4-6-11-17)21-22-19(23)25-13-15-8-7-9-16(20)12-15/h4-12,14H,3,13H2,1-2H3/t14-/m0/s1. The number of halogens is 1. The summed E-state index contributed by atoms with van der Waals surface area (Å²) < 4.78 is 8.08. The first-order valence-electron chi connectivity index (χ1n) is 8.19. The molecule has 4 nitrogen and oxygen atoms in total. The van der Waals surface area contributed by atoms with Gasteiger partial charge >= 0.3 is 0 Å². The SMILES string of the molecule is CCn1c(SCc2cccc(Cl)c2)nnc1[C@H](C)Oc1ccccc1. The number of nitrogens with zero attached hydrogens (tertiary/aromatic N) is 3. The predicted molar refractivity (Wildman–Crippen MR) is 102 cm³/mol. The van der Waals surface area contributed by atoms with E-state index in [0.29, 0.717) is 0 Å². The molecule has 0 radical (unpaired) electrons. The first-order valence-corrected chi connectivity index (χ1v) is 9.55. The first kappa shape index (κ1) is 17.8. The molecule has 0 spiro atoms. The van der Waals surface area contributed by atoms with Crippen LogP contribution in [0.5, 0.6) is 5.75 Å². The number of hydrogen-bond donors (Lipinski definition) is 0. The fourth-order valence-electron chi connectivity index (χ4n) is 2.54. The van der Waals surface area contributed by atoms with Crippen LogP contribution in [0.4, 0.5) is 0 Å². The second-order valence-electron chi connectivity index (χ2n) is 5.58. The van der Waals surface area contributed by atoms with E-state index >= 15 is 0 Å².